The third kappa shape index (κ3) is 3.93. The first kappa shape index (κ1) is 23.5. The van der Waals surface area contributed by atoms with E-state index in [2.05, 4.69) is 10.4 Å². The first-order valence-electron chi connectivity index (χ1n) is 9.92. The predicted octanol–water partition coefficient (Wildman–Crippen LogP) is 6.62. The fraction of sp³-hybridized carbons (Fsp3) is 0.273. The Balaban J connectivity index is 1.84. The van der Waals surface area contributed by atoms with Gasteiger partial charge in [-0.15, -0.1) is 0 Å². The topological polar surface area (TPSA) is 80.3 Å². The lowest BCUT2D eigenvalue weighted by molar-refractivity contribution is -0.141. The molecule has 0 unspecified atom stereocenters. The molecule has 3 heterocycles. The number of phenols is 1. The molecular formula is C22H17F6N3O3. The standard InChI is InChI=1S/C22H17F6N3O3/c1-9(2)31-8-12(19(30-31)22(26,27)28)16-17(15-7-14(32)18(16)34-15)20(33)29-11-5-4-10(3)13(6-11)21(23,24)25/h4-9,32H,1-3H3,(H,29,33). The summed E-state index contributed by atoms with van der Waals surface area (Å²) < 4.78 is 87.3. The van der Waals surface area contributed by atoms with Crippen LogP contribution in [0.15, 0.2) is 34.9 Å². The van der Waals surface area contributed by atoms with E-state index in [1.54, 1.807) is 13.8 Å². The Kier molecular flexibility index (Phi) is 5.29. The number of halogens is 6. The number of alkyl halides is 6. The number of nitrogens with zero attached hydrogens (tertiary/aromatic N) is 2. The van der Waals surface area contributed by atoms with Crippen LogP contribution in [-0.2, 0) is 12.4 Å². The molecule has 0 aliphatic carbocycles. The van der Waals surface area contributed by atoms with Gasteiger partial charge in [0.1, 0.15) is 5.58 Å². The Morgan fingerprint density at radius 3 is 2.38 bits per heavy atom. The minimum atomic E-state index is -4.89. The molecule has 0 aliphatic rings. The second-order valence-corrected chi connectivity index (χ2v) is 8.02. The molecule has 34 heavy (non-hydrogen) atoms. The number of aryl methyl sites for hydroxylation is 1. The molecule has 0 saturated heterocycles. The van der Waals surface area contributed by atoms with Gasteiger partial charge in [0.2, 0.25) is 0 Å². The van der Waals surface area contributed by atoms with Crippen molar-refractivity contribution in [3.63, 3.8) is 0 Å². The van der Waals surface area contributed by atoms with Crippen molar-refractivity contribution in [2.75, 3.05) is 5.32 Å². The van der Waals surface area contributed by atoms with Gasteiger partial charge in [-0.25, -0.2) is 0 Å². The number of hydrogen-bond acceptors (Lipinski definition) is 4. The predicted molar refractivity (Wildman–Crippen MR) is 110 cm³/mol. The summed E-state index contributed by atoms with van der Waals surface area (Å²) in [6, 6.07) is 3.71. The van der Waals surface area contributed by atoms with Gasteiger partial charge in [0, 0.05) is 35.1 Å². The van der Waals surface area contributed by atoms with E-state index in [4.69, 9.17) is 4.42 Å². The largest absolute Gasteiger partial charge is 0.504 e. The smallest absolute Gasteiger partial charge is 0.435 e. The summed E-state index contributed by atoms with van der Waals surface area (Å²) >= 11 is 0. The van der Waals surface area contributed by atoms with Gasteiger partial charge < -0.3 is 14.8 Å². The maximum atomic E-state index is 13.7. The number of carbonyl (C=O) groups excluding carboxylic acids is 1. The zero-order valence-corrected chi connectivity index (χ0v) is 17.9. The maximum Gasteiger partial charge on any atom is 0.435 e. The number of aromatic nitrogens is 2. The van der Waals surface area contributed by atoms with Crippen molar-refractivity contribution >= 4 is 22.8 Å². The molecule has 12 heteroatoms. The van der Waals surface area contributed by atoms with E-state index in [0.717, 1.165) is 29.1 Å². The van der Waals surface area contributed by atoms with Gasteiger partial charge in [-0.2, -0.15) is 31.4 Å². The monoisotopic (exact) mass is 485 g/mol. The number of aromatic hydroxyl groups is 1. The average molecular weight is 485 g/mol. The van der Waals surface area contributed by atoms with E-state index < -0.39 is 46.9 Å². The third-order valence-electron chi connectivity index (χ3n) is 5.26. The summed E-state index contributed by atoms with van der Waals surface area (Å²) in [4.78, 5) is 13.1. The SMILES string of the molecule is Cc1ccc(NC(=O)c2c(-c3cn(C(C)C)nc3C(F)(F)F)c3oc2cc3O)cc1C(F)(F)F. The number of benzene rings is 2. The zero-order chi connectivity index (χ0) is 25.2. The number of furan rings is 2. The molecule has 0 saturated carbocycles. The van der Waals surface area contributed by atoms with Crippen LogP contribution in [0.4, 0.5) is 32.0 Å². The van der Waals surface area contributed by atoms with E-state index in [1.165, 1.54) is 13.0 Å². The number of nitrogens with one attached hydrogen (secondary N) is 1. The summed E-state index contributed by atoms with van der Waals surface area (Å²) in [6.45, 7) is 4.46. The maximum absolute atomic E-state index is 13.7. The van der Waals surface area contributed by atoms with Crippen LogP contribution in [0.5, 0.6) is 5.75 Å². The highest BCUT2D eigenvalue weighted by Crippen LogP contribution is 2.47. The molecule has 1 aromatic carbocycles. The minimum Gasteiger partial charge on any atom is -0.504 e. The fourth-order valence-corrected chi connectivity index (χ4v) is 3.65. The molecule has 0 fully saturated rings. The van der Waals surface area contributed by atoms with Crippen molar-refractivity contribution < 1.29 is 40.7 Å². The van der Waals surface area contributed by atoms with Gasteiger partial charge in [0.05, 0.1) is 11.1 Å². The van der Waals surface area contributed by atoms with E-state index in [9.17, 15) is 36.2 Å². The molecule has 3 aromatic heterocycles. The molecule has 0 atom stereocenters. The molecule has 0 aliphatic heterocycles. The Morgan fingerprint density at radius 1 is 1.12 bits per heavy atom. The highest BCUT2D eigenvalue weighted by Gasteiger charge is 2.41. The van der Waals surface area contributed by atoms with Crippen LogP contribution in [0.2, 0.25) is 0 Å². The Bertz CT molecular complexity index is 1380. The van der Waals surface area contributed by atoms with E-state index >= 15 is 0 Å². The molecule has 0 radical (unpaired) electrons. The third-order valence-corrected chi connectivity index (χ3v) is 5.26. The molecule has 1 amide bonds. The van der Waals surface area contributed by atoms with Gasteiger partial charge in [-0.3, -0.25) is 9.48 Å². The number of fused-ring (bicyclic) bond motifs is 2. The van der Waals surface area contributed by atoms with Crippen LogP contribution in [0.1, 0.15) is 47.1 Å². The van der Waals surface area contributed by atoms with Crippen LogP contribution in [0, 0.1) is 6.92 Å². The van der Waals surface area contributed by atoms with Crippen molar-refractivity contribution in [1.82, 2.24) is 9.78 Å². The molecule has 0 spiro atoms. The van der Waals surface area contributed by atoms with E-state index in [0.29, 0.717) is 0 Å². The average Bonchev–Trinajstić information content (AvgIpc) is 3.39. The van der Waals surface area contributed by atoms with Gasteiger partial charge in [-0.1, -0.05) is 6.07 Å². The fourth-order valence-electron chi connectivity index (χ4n) is 3.65. The highest BCUT2D eigenvalue weighted by atomic mass is 19.4. The van der Waals surface area contributed by atoms with Crippen molar-refractivity contribution in [1.29, 1.82) is 0 Å². The van der Waals surface area contributed by atoms with Crippen LogP contribution in [0.25, 0.3) is 22.3 Å². The summed E-state index contributed by atoms with van der Waals surface area (Å²) in [5.41, 5.74) is -4.37. The quantitative estimate of drug-likeness (QED) is 0.319. The number of carbonyl (C=O) groups is 1. The van der Waals surface area contributed by atoms with Crippen LogP contribution in [0.3, 0.4) is 0 Å². The van der Waals surface area contributed by atoms with Crippen LogP contribution >= 0.6 is 0 Å². The molecule has 2 N–H and O–H groups in total. The van der Waals surface area contributed by atoms with E-state index in [1.807, 2.05) is 0 Å². The Labute approximate surface area is 188 Å². The van der Waals surface area contributed by atoms with Crippen molar-refractivity contribution in [2.24, 2.45) is 0 Å². The van der Waals surface area contributed by atoms with Crippen LogP contribution < -0.4 is 5.32 Å². The zero-order valence-electron chi connectivity index (χ0n) is 17.9. The summed E-state index contributed by atoms with van der Waals surface area (Å²) in [7, 11) is 0. The lowest BCUT2D eigenvalue weighted by Gasteiger charge is -2.13. The molecule has 4 rings (SSSR count). The van der Waals surface area contributed by atoms with Gasteiger partial charge >= 0.3 is 12.4 Å². The van der Waals surface area contributed by atoms with Crippen molar-refractivity contribution in [2.45, 2.75) is 39.2 Å². The first-order chi connectivity index (χ1) is 15.7. The number of phenolic OH excluding ortho intramolecular Hbond substituents is 1. The van der Waals surface area contributed by atoms with E-state index in [-0.39, 0.29) is 33.5 Å². The number of rotatable bonds is 4. The Hall–Kier alpha value is -3.70. The van der Waals surface area contributed by atoms with Gasteiger partial charge in [-0.05, 0) is 38.5 Å². The number of anilines is 1. The lowest BCUT2D eigenvalue weighted by Crippen LogP contribution is -2.15. The van der Waals surface area contributed by atoms with Crippen molar-refractivity contribution in [3.8, 4) is 16.9 Å². The molecule has 4 aromatic rings. The number of amides is 1. The minimum absolute atomic E-state index is 0.0673. The summed E-state index contributed by atoms with van der Waals surface area (Å²) in [5, 5.41) is 15.9. The second-order valence-electron chi connectivity index (χ2n) is 8.02. The normalized spacial score (nSPS) is 12.8. The van der Waals surface area contributed by atoms with Crippen molar-refractivity contribution in [3.05, 3.63) is 52.8 Å². The van der Waals surface area contributed by atoms with Gasteiger partial charge in [0.25, 0.3) is 5.91 Å². The first-order valence-corrected chi connectivity index (χ1v) is 9.92. The lowest BCUT2D eigenvalue weighted by atomic mass is 9.98. The molecule has 180 valence electrons. The molecule has 2 bridgehead atoms. The molecular weight excluding hydrogens is 468 g/mol. The second kappa shape index (κ2) is 7.67. The van der Waals surface area contributed by atoms with Crippen LogP contribution in [-0.4, -0.2) is 20.8 Å². The summed E-state index contributed by atoms with van der Waals surface area (Å²) in [6.07, 6.45) is -8.49. The van der Waals surface area contributed by atoms with Gasteiger partial charge in [0.15, 0.2) is 17.0 Å². The summed E-state index contributed by atoms with van der Waals surface area (Å²) in [5.74, 6) is -1.49. The Morgan fingerprint density at radius 2 is 1.79 bits per heavy atom. The highest BCUT2D eigenvalue weighted by molar-refractivity contribution is 6.17. The number of hydrogen-bond donors (Lipinski definition) is 2. The molecule has 6 nitrogen and oxygen atoms in total.